The summed E-state index contributed by atoms with van der Waals surface area (Å²) in [5.74, 6) is 0. The molecule has 2 rings (SSSR count). The number of rotatable bonds is 3. The molecule has 0 aliphatic heterocycles. The zero-order valence-electron chi connectivity index (χ0n) is 9.50. The first-order valence-corrected chi connectivity index (χ1v) is 5.26. The molecule has 2 aromatic rings. The minimum Gasteiger partial charge on any atom is -0.464 e. The maximum absolute atomic E-state index is 5.31. The van der Waals surface area contributed by atoms with E-state index in [1.165, 1.54) is 10.9 Å². The molecule has 0 aliphatic rings. The first-order chi connectivity index (χ1) is 7.11. The Morgan fingerprint density at radius 1 is 1.27 bits per heavy atom. The molecule has 80 valence electrons. The van der Waals surface area contributed by atoms with Crippen LogP contribution in [-0.2, 0) is 6.42 Å². The number of likely N-dealkylation sites (N-methyl/N-ethyl adjacent to an activating group) is 1. The summed E-state index contributed by atoms with van der Waals surface area (Å²) in [5.41, 5.74) is 2.43. The molecule has 15 heavy (non-hydrogen) atoms. The summed E-state index contributed by atoms with van der Waals surface area (Å²) in [4.78, 5) is 0. The van der Waals surface area contributed by atoms with Gasteiger partial charge in [0.15, 0.2) is 0 Å². The van der Waals surface area contributed by atoms with Gasteiger partial charge in [0.05, 0.1) is 6.26 Å². The fourth-order valence-corrected chi connectivity index (χ4v) is 1.72. The van der Waals surface area contributed by atoms with Crippen molar-refractivity contribution >= 4 is 11.0 Å². The minimum atomic E-state index is 0.136. The van der Waals surface area contributed by atoms with E-state index in [0.29, 0.717) is 0 Å². The normalized spacial score (nSPS) is 12.2. The van der Waals surface area contributed by atoms with Crippen molar-refractivity contribution in [2.24, 2.45) is 0 Å². The first-order valence-electron chi connectivity index (χ1n) is 5.26. The molecule has 0 amide bonds. The SMILES string of the molecule is CNC(C)(C)Cc1ccc2occc2c1. The second kappa shape index (κ2) is 3.70. The summed E-state index contributed by atoms with van der Waals surface area (Å²) in [6.07, 6.45) is 2.75. The number of nitrogens with one attached hydrogen (secondary N) is 1. The zero-order chi connectivity index (χ0) is 10.9. The lowest BCUT2D eigenvalue weighted by atomic mass is 9.95. The van der Waals surface area contributed by atoms with Gasteiger partial charge in [0, 0.05) is 10.9 Å². The van der Waals surface area contributed by atoms with Crippen molar-refractivity contribution in [3.63, 3.8) is 0 Å². The van der Waals surface area contributed by atoms with Gasteiger partial charge in [0.2, 0.25) is 0 Å². The van der Waals surface area contributed by atoms with E-state index in [4.69, 9.17) is 4.42 Å². The van der Waals surface area contributed by atoms with E-state index < -0.39 is 0 Å². The van der Waals surface area contributed by atoms with Gasteiger partial charge in [-0.3, -0.25) is 0 Å². The molecule has 0 bridgehead atoms. The maximum atomic E-state index is 5.31. The molecule has 0 aliphatic carbocycles. The fraction of sp³-hybridized carbons (Fsp3) is 0.385. The largest absolute Gasteiger partial charge is 0.464 e. The average molecular weight is 203 g/mol. The van der Waals surface area contributed by atoms with Crippen molar-refractivity contribution in [3.05, 3.63) is 36.1 Å². The van der Waals surface area contributed by atoms with Crippen LogP contribution in [0.5, 0.6) is 0 Å². The monoisotopic (exact) mass is 203 g/mol. The van der Waals surface area contributed by atoms with E-state index in [1.54, 1.807) is 6.26 Å². The van der Waals surface area contributed by atoms with Crippen LogP contribution in [-0.4, -0.2) is 12.6 Å². The van der Waals surface area contributed by atoms with Crippen molar-refractivity contribution in [1.82, 2.24) is 5.32 Å². The van der Waals surface area contributed by atoms with Crippen LogP contribution < -0.4 is 5.32 Å². The van der Waals surface area contributed by atoms with Gasteiger partial charge < -0.3 is 9.73 Å². The lowest BCUT2D eigenvalue weighted by Crippen LogP contribution is -2.38. The molecule has 0 radical (unpaired) electrons. The molecule has 1 N–H and O–H groups in total. The maximum Gasteiger partial charge on any atom is 0.133 e. The van der Waals surface area contributed by atoms with Crippen molar-refractivity contribution in [2.45, 2.75) is 25.8 Å². The topological polar surface area (TPSA) is 25.2 Å². The molecule has 2 nitrogen and oxygen atoms in total. The van der Waals surface area contributed by atoms with Crippen molar-refractivity contribution in [1.29, 1.82) is 0 Å². The first kappa shape index (κ1) is 10.2. The zero-order valence-corrected chi connectivity index (χ0v) is 9.50. The molecule has 0 spiro atoms. The molecule has 0 atom stereocenters. The Labute approximate surface area is 90.3 Å². The highest BCUT2D eigenvalue weighted by molar-refractivity contribution is 5.77. The van der Waals surface area contributed by atoms with Crippen molar-refractivity contribution < 1.29 is 4.42 Å². The van der Waals surface area contributed by atoms with Crippen LogP contribution in [0.3, 0.4) is 0 Å². The molecular weight excluding hydrogens is 186 g/mol. The number of furan rings is 1. The molecule has 0 unspecified atom stereocenters. The van der Waals surface area contributed by atoms with Crippen LogP contribution in [0.4, 0.5) is 0 Å². The molecule has 2 heteroatoms. The summed E-state index contributed by atoms with van der Waals surface area (Å²) < 4.78 is 5.31. The predicted molar refractivity (Wildman–Crippen MR) is 63.1 cm³/mol. The fourth-order valence-electron chi connectivity index (χ4n) is 1.72. The molecule has 0 fully saturated rings. The van der Waals surface area contributed by atoms with Gasteiger partial charge in [-0.05, 0) is 51.1 Å². The molecule has 1 heterocycles. The highest BCUT2D eigenvalue weighted by atomic mass is 16.3. The van der Waals surface area contributed by atoms with Crippen LogP contribution in [0.25, 0.3) is 11.0 Å². The van der Waals surface area contributed by atoms with Gasteiger partial charge in [-0.2, -0.15) is 0 Å². The van der Waals surface area contributed by atoms with Crippen LogP contribution in [0.2, 0.25) is 0 Å². The Bertz CT molecular complexity index is 456. The quantitative estimate of drug-likeness (QED) is 0.829. The van der Waals surface area contributed by atoms with Gasteiger partial charge in [-0.15, -0.1) is 0 Å². The van der Waals surface area contributed by atoms with Gasteiger partial charge in [0.25, 0.3) is 0 Å². The van der Waals surface area contributed by atoms with E-state index in [1.807, 2.05) is 19.2 Å². The second-order valence-electron chi connectivity index (χ2n) is 4.60. The smallest absolute Gasteiger partial charge is 0.133 e. The van der Waals surface area contributed by atoms with Crippen LogP contribution in [0, 0.1) is 0 Å². The molecular formula is C13H17NO. The van der Waals surface area contributed by atoms with Gasteiger partial charge in [0.1, 0.15) is 5.58 Å². The standard InChI is InChI=1S/C13H17NO/c1-13(2,14-3)9-10-4-5-12-11(8-10)6-7-15-12/h4-8,14H,9H2,1-3H3. The Balaban J connectivity index is 2.28. The highest BCUT2D eigenvalue weighted by Gasteiger charge is 2.15. The van der Waals surface area contributed by atoms with E-state index in [9.17, 15) is 0 Å². The van der Waals surface area contributed by atoms with E-state index in [0.717, 1.165) is 12.0 Å². The van der Waals surface area contributed by atoms with Gasteiger partial charge in [-0.25, -0.2) is 0 Å². The second-order valence-corrected chi connectivity index (χ2v) is 4.60. The van der Waals surface area contributed by atoms with Crippen molar-refractivity contribution in [3.8, 4) is 0 Å². The summed E-state index contributed by atoms with van der Waals surface area (Å²) in [7, 11) is 2.00. The van der Waals surface area contributed by atoms with Gasteiger partial charge >= 0.3 is 0 Å². The summed E-state index contributed by atoms with van der Waals surface area (Å²) in [5, 5.41) is 4.49. The third-order valence-electron chi connectivity index (χ3n) is 2.84. The van der Waals surface area contributed by atoms with Crippen molar-refractivity contribution in [2.75, 3.05) is 7.05 Å². The lowest BCUT2D eigenvalue weighted by Gasteiger charge is -2.23. The average Bonchev–Trinajstić information content (AvgIpc) is 2.64. The number of hydrogen-bond donors (Lipinski definition) is 1. The highest BCUT2D eigenvalue weighted by Crippen LogP contribution is 2.20. The van der Waals surface area contributed by atoms with Crippen LogP contribution in [0.15, 0.2) is 34.9 Å². The van der Waals surface area contributed by atoms with E-state index >= 15 is 0 Å². The minimum absolute atomic E-state index is 0.136. The Hall–Kier alpha value is -1.28. The number of fused-ring (bicyclic) bond motifs is 1. The summed E-state index contributed by atoms with van der Waals surface area (Å²) in [6.45, 7) is 4.40. The Kier molecular flexibility index (Phi) is 2.53. The summed E-state index contributed by atoms with van der Waals surface area (Å²) in [6, 6.07) is 8.37. The molecule has 0 saturated heterocycles. The Morgan fingerprint density at radius 2 is 2.07 bits per heavy atom. The lowest BCUT2D eigenvalue weighted by molar-refractivity contribution is 0.422. The third-order valence-corrected chi connectivity index (χ3v) is 2.84. The number of benzene rings is 1. The molecule has 0 saturated carbocycles. The summed E-state index contributed by atoms with van der Waals surface area (Å²) >= 11 is 0. The van der Waals surface area contributed by atoms with Crippen LogP contribution >= 0.6 is 0 Å². The molecule has 1 aromatic carbocycles. The molecule has 1 aromatic heterocycles. The van der Waals surface area contributed by atoms with E-state index in [2.05, 4.69) is 31.3 Å². The predicted octanol–water partition coefficient (Wildman–Crippen LogP) is 2.97. The van der Waals surface area contributed by atoms with Crippen LogP contribution in [0.1, 0.15) is 19.4 Å². The number of hydrogen-bond acceptors (Lipinski definition) is 2. The third kappa shape index (κ3) is 2.21. The van der Waals surface area contributed by atoms with E-state index in [-0.39, 0.29) is 5.54 Å². The van der Waals surface area contributed by atoms with Gasteiger partial charge in [-0.1, -0.05) is 6.07 Å². The Morgan fingerprint density at radius 3 is 2.80 bits per heavy atom.